The molecule has 0 fully saturated rings. The Morgan fingerprint density at radius 1 is 0.700 bits per heavy atom. The van der Waals surface area contributed by atoms with Gasteiger partial charge in [-0.3, -0.25) is 4.57 Å². The van der Waals surface area contributed by atoms with Gasteiger partial charge in [0.05, 0.1) is 22.2 Å². The number of aromatic nitrogens is 3. The minimum Gasteiger partial charge on any atom is -0.292 e. The number of benzene rings is 3. The summed E-state index contributed by atoms with van der Waals surface area (Å²) >= 11 is 0. The molecule has 0 N–H and O–H groups in total. The molecule has 0 radical (unpaired) electrons. The summed E-state index contributed by atoms with van der Waals surface area (Å²) in [5, 5.41) is 3.59. The van der Waals surface area contributed by atoms with E-state index >= 15 is 0 Å². The van der Waals surface area contributed by atoms with Crippen molar-refractivity contribution in [2.75, 3.05) is 0 Å². The maximum absolute atomic E-state index is 5.14. The van der Waals surface area contributed by atoms with Crippen LogP contribution >= 0.6 is 0 Å². The highest BCUT2D eigenvalue weighted by molar-refractivity contribution is 6.23. The molecule has 0 aliphatic rings. The van der Waals surface area contributed by atoms with Crippen molar-refractivity contribution < 1.29 is 0 Å². The quantitative estimate of drug-likeness (QED) is 0.332. The van der Waals surface area contributed by atoms with Gasteiger partial charge in [0.1, 0.15) is 5.82 Å². The standard InChI is InChI=1S/C27H19N3/c1-18-13-15-19(16-14-18)26-27-25(20-8-2-4-10-22(20)29-26)21-9-3-5-11-23(21)30(27)24-12-6-7-17-28-24/h2-17H,1H3. The molecule has 3 nitrogen and oxygen atoms in total. The second kappa shape index (κ2) is 6.53. The maximum Gasteiger partial charge on any atom is 0.137 e. The van der Waals surface area contributed by atoms with Crippen LogP contribution in [-0.2, 0) is 0 Å². The Morgan fingerprint density at radius 2 is 1.43 bits per heavy atom. The number of para-hydroxylation sites is 2. The van der Waals surface area contributed by atoms with Gasteiger partial charge >= 0.3 is 0 Å². The predicted molar refractivity (Wildman–Crippen MR) is 124 cm³/mol. The van der Waals surface area contributed by atoms with Crippen molar-refractivity contribution in [2.24, 2.45) is 0 Å². The SMILES string of the molecule is Cc1ccc(-c2nc3ccccc3c3c4ccccc4n(-c4ccccn4)c23)cc1. The highest BCUT2D eigenvalue weighted by Gasteiger charge is 2.20. The molecular formula is C27H19N3. The lowest BCUT2D eigenvalue weighted by molar-refractivity contribution is 1.08. The number of nitrogens with zero attached hydrogens (tertiary/aromatic N) is 3. The third-order valence-corrected chi connectivity index (χ3v) is 5.71. The topological polar surface area (TPSA) is 30.7 Å². The first kappa shape index (κ1) is 16.9. The summed E-state index contributed by atoms with van der Waals surface area (Å²) in [5.74, 6) is 0.897. The van der Waals surface area contributed by atoms with E-state index in [1.165, 1.54) is 16.3 Å². The molecule has 30 heavy (non-hydrogen) atoms. The molecule has 0 amide bonds. The first-order valence-electron chi connectivity index (χ1n) is 10.1. The monoisotopic (exact) mass is 385 g/mol. The fourth-order valence-corrected chi connectivity index (χ4v) is 4.33. The van der Waals surface area contributed by atoms with Crippen molar-refractivity contribution in [3.8, 4) is 17.1 Å². The van der Waals surface area contributed by atoms with Crippen LogP contribution in [0.3, 0.4) is 0 Å². The van der Waals surface area contributed by atoms with E-state index in [1.807, 2.05) is 18.3 Å². The van der Waals surface area contributed by atoms with Crippen LogP contribution in [0.15, 0.2) is 97.2 Å². The zero-order valence-electron chi connectivity index (χ0n) is 16.6. The molecule has 3 aromatic heterocycles. The Labute approximate surface area is 174 Å². The third-order valence-electron chi connectivity index (χ3n) is 5.71. The molecule has 142 valence electrons. The van der Waals surface area contributed by atoms with Crippen LogP contribution in [-0.4, -0.2) is 14.5 Å². The lowest BCUT2D eigenvalue weighted by Crippen LogP contribution is -1.99. The second-order valence-corrected chi connectivity index (χ2v) is 7.61. The van der Waals surface area contributed by atoms with Gasteiger partial charge in [0.25, 0.3) is 0 Å². The van der Waals surface area contributed by atoms with Crippen molar-refractivity contribution in [1.82, 2.24) is 14.5 Å². The van der Waals surface area contributed by atoms with Crippen molar-refractivity contribution in [3.63, 3.8) is 0 Å². The first-order valence-corrected chi connectivity index (χ1v) is 10.1. The Bertz CT molecular complexity index is 1530. The van der Waals surface area contributed by atoms with E-state index < -0.39 is 0 Å². The summed E-state index contributed by atoms with van der Waals surface area (Å²) < 4.78 is 2.25. The van der Waals surface area contributed by atoms with E-state index in [9.17, 15) is 0 Å². The molecule has 0 saturated heterocycles. The third kappa shape index (κ3) is 2.45. The van der Waals surface area contributed by atoms with Gasteiger partial charge in [-0.05, 0) is 31.2 Å². The van der Waals surface area contributed by atoms with E-state index in [-0.39, 0.29) is 0 Å². The van der Waals surface area contributed by atoms with Gasteiger partial charge in [-0.15, -0.1) is 0 Å². The summed E-state index contributed by atoms with van der Waals surface area (Å²) in [5.41, 5.74) is 6.56. The summed E-state index contributed by atoms with van der Waals surface area (Å²) in [6, 6.07) is 31.6. The number of aryl methyl sites for hydroxylation is 1. The number of rotatable bonds is 2. The maximum atomic E-state index is 5.14. The zero-order valence-corrected chi connectivity index (χ0v) is 16.6. The van der Waals surface area contributed by atoms with E-state index in [1.54, 1.807) is 0 Å². The molecule has 0 bridgehead atoms. The van der Waals surface area contributed by atoms with Crippen LogP contribution < -0.4 is 0 Å². The van der Waals surface area contributed by atoms with Gasteiger partial charge in [-0.2, -0.15) is 0 Å². The molecule has 0 saturated carbocycles. The van der Waals surface area contributed by atoms with Crippen LogP contribution in [0.1, 0.15) is 5.56 Å². The molecule has 6 rings (SSSR count). The summed E-state index contributed by atoms with van der Waals surface area (Å²) in [6.45, 7) is 2.11. The number of fused-ring (bicyclic) bond motifs is 5. The molecule has 6 aromatic rings. The molecule has 0 aliphatic heterocycles. The fourth-order valence-electron chi connectivity index (χ4n) is 4.33. The highest BCUT2D eigenvalue weighted by Crippen LogP contribution is 2.40. The Hall–Kier alpha value is -3.98. The van der Waals surface area contributed by atoms with Crippen LogP contribution in [0.2, 0.25) is 0 Å². The lowest BCUT2D eigenvalue weighted by Gasteiger charge is -2.12. The average Bonchev–Trinajstić information content (AvgIpc) is 3.15. The lowest BCUT2D eigenvalue weighted by atomic mass is 10.0. The second-order valence-electron chi connectivity index (χ2n) is 7.61. The Morgan fingerprint density at radius 3 is 2.23 bits per heavy atom. The predicted octanol–water partition coefficient (Wildman–Crippen LogP) is 6.70. The number of hydrogen-bond donors (Lipinski definition) is 0. The van der Waals surface area contributed by atoms with Crippen molar-refractivity contribution in [3.05, 3.63) is 103 Å². The van der Waals surface area contributed by atoms with Gasteiger partial charge in [-0.25, -0.2) is 9.97 Å². The minimum absolute atomic E-state index is 0.897. The summed E-state index contributed by atoms with van der Waals surface area (Å²) in [7, 11) is 0. The molecule has 0 unspecified atom stereocenters. The van der Waals surface area contributed by atoms with E-state index in [0.717, 1.165) is 39.0 Å². The van der Waals surface area contributed by atoms with Crippen LogP contribution in [0, 0.1) is 6.92 Å². The summed E-state index contributed by atoms with van der Waals surface area (Å²) in [4.78, 5) is 9.82. The Balaban J connectivity index is 1.89. The molecule has 0 atom stereocenters. The van der Waals surface area contributed by atoms with E-state index in [2.05, 4.69) is 95.3 Å². The van der Waals surface area contributed by atoms with Gasteiger partial charge in [0.15, 0.2) is 0 Å². The molecular weight excluding hydrogens is 366 g/mol. The molecule has 0 spiro atoms. The molecule has 3 heterocycles. The fraction of sp³-hybridized carbons (Fsp3) is 0.0370. The van der Waals surface area contributed by atoms with Crippen molar-refractivity contribution in [2.45, 2.75) is 6.92 Å². The average molecular weight is 385 g/mol. The first-order chi connectivity index (χ1) is 14.8. The molecule has 3 heteroatoms. The number of hydrogen-bond acceptors (Lipinski definition) is 2. The Kier molecular flexibility index (Phi) is 3.68. The molecule has 0 aliphatic carbocycles. The summed E-state index contributed by atoms with van der Waals surface area (Å²) in [6.07, 6.45) is 1.84. The van der Waals surface area contributed by atoms with Crippen LogP contribution in [0.5, 0.6) is 0 Å². The van der Waals surface area contributed by atoms with Crippen molar-refractivity contribution in [1.29, 1.82) is 0 Å². The number of pyridine rings is 2. The smallest absolute Gasteiger partial charge is 0.137 e. The van der Waals surface area contributed by atoms with Crippen LogP contribution in [0.4, 0.5) is 0 Å². The normalized spacial score (nSPS) is 11.5. The van der Waals surface area contributed by atoms with Gasteiger partial charge in [0.2, 0.25) is 0 Å². The van der Waals surface area contributed by atoms with E-state index in [4.69, 9.17) is 4.98 Å². The minimum atomic E-state index is 0.897. The van der Waals surface area contributed by atoms with Crippen molar-refractivity contribution >= 4 is 32.7 Å². The van der Waals surface area contributed by atoms with Crippen LogP contribution in [0.25, 0.3) is 49.8 Å². The van der Waals surface area contributed by atoms with E-state index in [0.29, 0.717) is 0 Å². The van der Waals surface area contributed by atoms with Gasteiger partial charge < -0.3 is 0 Å². The zero-order chi connectivity index (χ0) is 20.1. The van der Waals surface area contributed by atoms with Gasteiger partial charge in [0, 0.05) is 27.9 Å². The van der Waals surface area contributed by atoms with Gasteiger partial charge in [-0.1, -0.05) is 72.3 Å². The molecule has 3 aromatic carbocycles. The highest BCUT2D eigenvalue weighted by atomic mass is 15.1. The largest absolute Gasteiger partial charge is 0.292 e.